The van der Waals surface area contributed by atoms with Crippen LogP contribution < -0.4 is 11.4 Å². The zero-order chi connectivity index (χ0) is 31.3. The second-order valence-corrected chi connectivity index (χ2v) is 10.5. The number of allylic oxidation sites excluding steroid dienone is 4. The lowest BCUT2D eigenvalue weighted by molar-refractivity contribution is 0.470. The number of nitrogens with two attached hydrogens (primary N) is 1. The first-order chi connectivity index (χ1) is 20.2. The molecule has 4 rings (SSSR count). The van der Waals surface area contributed by atoms with Crippen molar-refractivity contribution in [1.82, 2.24) is 14.8 Å². The largest absolute Gasteiger partial charge is 0.343 e. The third-order valence-electron chi connectivity index (χ3n) is 7.45. The quantitative estimate of drug-likeness (QED) is 0.172. The van der Waals surface area contributed by atoms with E-state index in [1.165, 1.54) is 15.8 Å². The van der Waals surface area contributed by atoms with Crippen LogP contribution in [0, 0.1) is 24.2 Å². The van der Waals surface area contributed by atoms with Gasteiger partial charge < -0.3 is 5.73 Å². The summed E-state index contributed by atoms with van der Waals surface area (Å²) in [7, 11) is 0. The van der Waals surface area contributed by atoms with Gasteiger partial charge in [0.2, 0.25) is 0 Å². The van der Waals surface area contributed by atoms with Gasteiger partial charge >= 0.3 is 5.69 Å². The summed E-state index contributed by atoms with van der Waals surface area (Å²) in [5, 5.41) is 8.09. The number of hydrogen-bond donors (Lipinski definition) is 2. The molecular weight excluding hydrogens is 522 g/mol. The molecule has 0 saturated carbocycles. The van der Waals surface area contributed by atoms with Crippen molar-refractivity contribution in [2.45, 2.75) is 98.2 Å². The minimum atomic E-state index is -0.667. The van der Waals surface area contributed by atoms with E-state index in [0.717, 1.165) is 41.5 Å². The molecule has 0 bridgehead atoms. The molecule has 7 nitrogen and oxygen atoms in total. The van der Waals surface area contributed by atoms with Gasteiger partial charge in [0, 0.05) is 6.04 Å². The van der Waals surface area contributed by atoms with E-state index in [9.17, 15) is 9.70 Å². The van der Waals surface area contributed by atoms with Gasteiger partial charge in [0.1, 0.15) is 11.9 Å². The van der Waals surface area contributed by atoms with Gasteiger partial charge in [-0.05, 0) is 94.2 Å². The highest BCUT2D eigenvalue weighted by Crippen LogP contribution is 2.47. The van der Waals surface area contributed by atoms with Crippen molar-refractivity contribution in [3.05, 3.63) is 115 Å². The molecule has 3 atom stereocenters. The lowest BCUT2D eigenvalue weighted by Gasteiger charge is -2.35. The first-order valence-corrected chi connectivity index (χ1v) is 14.9. The number of nitrogens with zero attached hydrogens (tertiary/aromatic N) is 3. The average Bonchev–Trinajstić information content (AvgIpc) is 3.31. The molecule has 2 aromatic carbocycles. The minimum Gasteiger partial charge on any atom is -0.328 e. The minimum absolute atomic E-state index is 0.0112. The highest BCUT2D eigenvalue weighted by atomic mass is 16.3. The fourth-order valence-corrected chi connectivity index (χ4v) is 5.38. The summed E-state index contributed by atoms with van der Waals surface area (Å²) in [5.74, 6) is 2.97. The molecule has 0 aliphatic heterocycles. The van der Waals surface area contributed by atoms with Crippen LogP contribution in [0.2, 0.25) is 0 Å². The molecule has 1 aromatic heterocycles. The molecule has 1 aliphatic rings. The van der Waals surface area contributed by atoms with Crippen molar-refractivity contribution in [2.75, 3.05) is 0 Å². The first-order valence-electron chi connectivity index (χ1n) is 14.9. The van der Waals surface area contributed by atoms with Crippen molar-refractivity contribution in [1.29, 1.82) is 0 Å². The van der Waals surface area contributed by atoms with Gasteiger partial charge in [-0.15, -0.1) is 6.42 Å². The molecular formula is C35H47N5O2. The number of nitroso groups, excluding NO2 is 1. The van der Waals surface area contributed by atoms with E-state index in [0.29, 0.717) is 18.8 Å². The predicted octanol–water partition coefficient (Wildman–Crippen LogP) is 7.07. The Morgan fingerprint density at radius 1 is 1.12 bits per heavy atom. The maximum absolute atomic E-state index is 13.0. The molecule has 0 saturated heterocycles. The second-order valence-electron chi connectivity index (χ2n) is 10.5. The Morgan fingerprint density at radius 3 is 2.31 bits per heavy atom. The fraction of sp³-hybridized carbons (Fsp3) is 0.429. The molecule has 3 N–H and O–H groups in total. The van der Waals surface area contributed by atoms with Crippen molar-refractivity contribution < 1.29 is 0 Å². The monoisotopic (exact) mass is 569 g/mol. The van der Waals surface area contributed by atoms with Crippen molar-refractivity contribution in [3.63, 3.8) is 0 Å². The van der Waals surface area contributed by atoms with Crippen LogP contribution >= 0.6 is 0 Å². The van der Waals surface area contributed by atoms with Crippen molar-refractivity contribution in [2.24, 2.45) is 10.9 Å². The number of H-pyrrole nitrogens is 1. The van der Waals surface area contributed by atoms with Gasteiger partial charge in [0.05, 0.1) is 12.0 Å². The SMILES string of the molecule is C#C/C=C/C.C/C=C\Cn1nc(C2(CC[C@@H](C)N)c3ccc(C)cc3CCc3cc(C(C)N=O)ccc32)[nH]c1=O.CC. The highest BCUT2D eigenvalue weighted by molar-refractivity contribution is 5.56. The molecule has 3 aromatic rings. The van der Waals surface area contributed by atoms with Gasteiger partial charge in [-0.1, -0.05) is 85.1 Å². The maximum atomic E-state index is 13.0. The van der Waals surface area contributed by atoms with E-state index < -0.39 is 11.5 Å². The summed E-state index contributed by atoms with van der Waals surface area (Å²) in [4.78, 5) is 27.4. The van der Waals surface area contributed by atoms with Crippen LogP contribution in [0.15, 0.2) is 70.7 Å². The standard InChI is InChI=1S/C28H35N5O2.C5H6.C2H6/c1-5-6-15-33-27(34)30-26(31-33)28(14-13-19(3)29)24-11-7-18(2)16-22(24)8-9-23-17-21(20(4)32-35)10-12-25(23)28;1-3-5-4-2;1-2/h5-7,10-12,16-17,19-20H,8-9,13-15,29H2,1-4H3,(H,30,31,34);1,4-5H,2H3;1-2H3/b6-5-;5-4+;/t19-,20?,28?;;/m1../s1. The van der Waals surface area contributed by atoms with Gasteiger partial charge in [-0.25, -0.2) is 9.48 Å². The Morgan fingerprint density at radius 2 is 1.76 bits per heavy atom. The number of benzene rings is 2. The fourth-order valence-electron chi connectivity index (χ4n) is 5.38. The Balaban J connectivity index is 0.000000797. The normalized spacial score (nSPS) is 17.0. The van der Waals surface area contributed by atoms with E-state index in [1.54, 1.807) is 6.08 Å². The zero-order valence-electron chi connectivity index (χ0n) is 26.3. The lowest BCUT2D eigenvalue weighted by Crippen LogP contribution is -2.34. The Kier molecular flexibility index (Phi) is 13.4. The van der Waals surface area contributed by atoms with E-state index in [2.05, 4.69) is 53.3 Å². The number of aromatic nitrogens is 3. The Bertz CT molecular complexity index is 1470. The average molecular weight is 570 g/mol. The van der Waals surface area contributed by atoms with Crippen molar-refractivity contribution in [3.8, 4) is 12.3 Å². The first kappa shape index (κ1) is 34.2. The number of hydrogen-bond acceptors (Lipinski definition) is 5. The van der Waals surface area contributed by atoms with Gasteiger partial charge in [-0.2, -0.15) is 10.0 Å². The van der Waals surface area contributed by atoms with Crippen LogP contribution in [-0.2, 0) is 24.8 Å². The third-order valence-corrected chi connectivity index (χ3v) is 7.45. The summed E-state index contributed by atoms with van der Waals surface area (Å²) in [6.45, 7) is 14.1. The highest BCUT2D eigenvalue weighted by Gasteiger charge is 2.44. The number of aryl methyl sites for hydroxylation is 3. The van der Waals surface area contributed by atoms with E-state index >= 15 is 0 Å². The number of nitrogens with one attached hydrogen (secondary N) is 1. The third kappa shape index (κ3) is 7.83. The van der Waals surface area contributed by atoms with Gasteiger partial charge in [-0.3, -0.25) is 4.98 Å². The second kappa shape index (κ2) is 16.4. The molecule has 0 amide bonds. The molecule has 0 spiro atoms. The van der Waals surface area contributed by atoms with Crippen molar-refractivity contribution >= 4 is 0 Å². The molecule has 0 radical (unpaired) electrons. The van der Waals surface area contributed by atoms with Crippen LogP contribution in [0.5, 0.6) is 0 Å². The van der Waals surface area contributed by atoms with E-state index in [4.69, 9.17) is 17.3 Å². The van der Waals surface area contributed by atoms with Crippen LogP contribution in [0.25, 0.3) is 0 Å². The molecule has 224 valence electrons. The van der Waals surface area contributed by atoms with Crippen LogP contribution in [0.3, 0.4) is 0 Å². The maximum Gasteiger partial charge on any atom is 0.343 e. The molecule has 42 heavy (non-hydrogen) atoms. The molecule has 2 unspecified atom stereocenters. The zero-order valence-corrected chi connectivity index (χ0v) is 26.3. The summed E-state index contributed by atoms with van der Waals surface area (Å²) in [5.41, 5.74) is 12.1. The molecule has 1 aliphatic carbocycles. The number of aromatic amines is 1. The van der Waals surface area contributed by atoms with E-state index in [-0.39, 0.29) is 11.7 Å². The number of terminal acetylenes is 1. The molecule has 7 heteroatoms. The summed E-state index contributed by atoms with van der Waals surface area (Å²) < 4.78 is 1.48. The topological polar surface area (TPSA) is 106 Å². The van der Waals surface area contributed by atoms with Gasteiger partial charge in [0.25, 0.3) is 0 Å². The Labute approximate surface area is 251 Å². The molecule has 0 fully saturated rings. The van der Waals surface area contributed by atoms with Crippen LogP contribution in [-0.4, -0.2) is 20.8 Å². The molecule has 1 heterocycles. The number of rotatable bonds is 8. The predicted molar refractivity (Wildman–Crippen MR) is 175 cm³/mol. The lowest BCUT2D eigenvalue weighted by atomic mass is 9.68. The number of fused-ring (bicyclic) bond motifs is 2. The van der Waals surface area contributed by atoms with Crippen LogP contribution in [0.4, 0.5) is 0 Å². The van der Waals surface area contributed by atoms with E-state index in [1.807, 2.05) is 65.8 Å². The van der Waals surface area contributed by atoms with Crippen LogP contribution in [0.1, 0.15) is 99.6 Å². The smallest absolute Gasteiger partial charge is 0.328 e. The van der Waals surface area contributed by atoms with Gasteiger partial charge in [0.15, 0.2) is 0 Å². The summed E-state index contributed by atoms with van der Waals surface area (Å²) in [6.07, 6.45) is 15.2. The summed E-state index contributed by atoms with van der Waals surface area (Å²) >= 11 is 0. The Hall–Kier alpha value is -4.02. The summed E-state index contributed by atoms with van der Waals surface area (Å²) in [6, 6.07) is 12.3.